The molecule has 0 aromatic heterocycles. The van der Waals surface area contributed by atoms with Crippen molar-refractivity contribution in [3.05, 3.63) is 72.8 Å². The van der Waals surface area contributed by atoms with E-state index >= 15 is 0 Å². The number of nitrogens with one attached hydrogen (secondary N) is 1. The van der Waals surface area contributed by atoms with Crippen LogP contribution in [-0.2, 0) is 0 Å². The van der Waals surface area contributed by atoms with E-state index in [0.717, 1.165) is 32.9 Å². The van der Waals surface area contributed by atoms with Crippen LogP contribution in [0.15, 0.2) is 72.8 Å². The normalized spacial score (nSPS) is 10.3. The molecule has 0 aliphatic rings. The third-order valence-corrected chi connectivity index (χ3v) is 4.53. The maximum Gasteiger partial charge on any atom is 0.123 e. The lowest BCUT2D eigenvalue weighted by molar-refractivity contribution is 0.481. The first-order valence-electron chi connectivity index (χ1n) is 8.79. The van der Waals surface area contributed by atoms with E-state index in [1.54, 1.807) is 12.1 Å². The molecule has 4 rings (SSSR count). The summed E-state index contributed by atoms with van der Waals surface area (Å²) in [6.45, 7) is 0. The highest BCUT2D eigenvalue weighted by molar-refractivity contribution is 5.98. The van der Waals surface area contributed by atoms with E-state index < -0.39 is 0 Å². The lowest BCUT2D eigenvalue weighted by atomic mass is 10.1. The molecular weight excluding hydrogens is 336 g/mol. The lowest BCUT2D eigenvalue weighted by Gasteiger charge is -2.15. The van der Waals surface area contributed by atoms with Crippen molar-refractivity contribution >= 4 is 32.9 Å². The Hall–Kier alpha value is -3.40. The second-order valence-electron chi connectivity index (χ2n) is 6.47. The van der Waals surface area contributed by atoms with E-state index in [9.17, 15) is 10.2 Å². The fourth-order valence-electron chi connectivity index (χ4n) is 3.18. The topological polar surface area (TPSA) is 55.7 Å². The zero-order chi connectivity index (χ0) is 19.4. The van der Waals surface area contributed by atoms with E-state index in [-0.39, 0.29) is 0 Å². The molecule has 138 valence electrons. The van der Waals surface area contributed by atoms with Gasteiger partial charge in [-0.1, -0.05) is 48.5 Å². The minimum absolute atomic E-state index is 0.328. The van der Waals surface area contributed by atoms with Gasteiger partial charge in [0.1, 0.15) is 11.5 Å². The summed E-state index contributed by atoms with van der Waals surface area (Å²) in [6.07, 6.45) is 0. The molecule has 0 amide bonds. The Kier molecular flexibility index (Phi) is 5.36. The Balaban J connectivity index is 0.000000156. The number of nitrogens with zero attached hydrogens (tertiary/aromatic N) is 1. The van der Waals surface area contributed by atoms with Crippen molar-refractivity contribution in [3.8, 4) is 11.5 Å². The van der Waals surface area contributed by atoms with Crippen LogP contribution in [0.2, 0.25) is 0 Å². The zero-order valence-electron chi connectivity index (χ0n) is 15.8. The van der Waals surface area contributed by atoms with Gasteiger partial charge in [-0.15, -0.1) is 0 Å². The van der Waals surface area contributed by atoms with E-state index in [1.807, 2.05) is 86.7 Å². The average molecular weight is 360 g/mol. The number of anilines is 2. The minimum atomic E-state index is 0.328. The quantitative estimate of drug-likeness (QED) is 0.460. The SMILES string of the molecule is CN(C)c1cccc2c(O)cccc12.CNc1cccc2c(O)cccc12. The van der Waals surface area contributed by atoms with E-state index in [1.165, 1.54) is 0 Å². The smallest absolute Gasteiger partial charge is 0.123 e. The summed E-state index contributed by atoms with van der Waals surface area (Å²) in [7, 11) is 5.87. The number of phenols is 2. The first-order valence-corrected chi connectivity index (χ1v) is 8.79. The van der Waals surface area contributed by atoms with Gasteiger partial charge in [-0.3, -0.25) is 0 Å². The first kappa shape index (κ1) is 18.4. The van der Waals surface area contributed by atoms with Crippen LogP contribution in [0.4, 0.5) is 11.4 Å². The highest BCUT2D eigenvalue weighted by Gasteiger charge is 2.04. The van der Waals surface area contributed by atoms with Gasteiger partial charge < -0.3 is 20.4 Å². The van der Waals surface area contributed by atoms with Crippen molar-refractivity contribution in [2.24, 2.45) is 0 Å². The third kappa shape index (κ3) is 3.75. The molecule has 0 bridgehead atoms. The second-order valence-corrected chi connectivity index (χ2v) is 6.47. The van der Waals surface area contributed by atoms with Crippen LogP contribution < -0.4 is 10.2 Å². The van der Waals surface area contributed by atoms with E-state index in [0.29, 0.717) is 11.5 Å². The predicted molar refractivity (Wildman–Crippen MR) is 115 cm³/mol. The molecule has 4 heteroatoms. The number of fused-ring (bicyclic) bond motifs is 2. The summed E-state index contributed by atoms with van der Waals surface area (Å²) in [5.74, 6) is 0.667. The van der Waals surface area contributed by atoms with Gasteiger partial charge in [0, 0.05) is 54.1 Å². The van der Waals surface area contributed by atoms with Gasteiger partial charge in [0.15, 0.2) is 0 Å². The first-order chi connectivity index (χ1) is 13.0. The lowest BCUT2D eigenvalue weighted by Crippen LogP contribution is -2.08. The summed E-state index contributed by atoms with van der Waals surface area (Å²) in [5, 5.41) is 26.2. The molecule has 0 saturated heterocycles. The maximum atomic E-state index is 9.66. The molecule has 4 nitrogen and oxygen atoms in total. The predicted octanol–water partition coefficient (Wildman–Crippen LogP) is 5.20. The standard InChI is InChI=1S/C12H13NO.C11H11NO/c1-13(2)11-7-3-6-10-9(11)5-4-8-12(10)14;1-12-10-6-2-5-9-8(10)4-3-7-11(9)13/h3-8,14H,1-2H3;2-7,12-13H,1H3. The Morgan fingerprint density at radius 2 is 1.11 bits per heavy atom. The van der Waals surface area contributed by atoms with Gasteiger partial charge in [-0.05, 0) is 24.3 Å². The van der Waals surface area contributed by atoms with Crippen molar-refractivity contribution in [1.29, 1.82) is 0 Å². The van der Waals surface area contributed by atoms with Crippen molar-refractivity contribution < 1.29 is 10.2 Å². The van der Waals surface area contributed by atoms with Crippen LogP contribution in [0.25, 0.3) is 21.5 Å². The highest BCUT2D eigenvalue weighted by Crippen LogP contribution is 2.31. The molecule has 0 radical (unpaired) electrons. The van der Waals surface area contributed by atoms with Gasteiger partial charge in [0.05, 0.1) is 0 Å². The van der Waals surface area contributed by atoms with Gasteiger partial charge in [-0.25, -0.2) is 0 Å². The van der Waals surface area contributed by atoms with Crippen molar-refractivity contribution in [3.63, 3.8) is 0 Å². The van der Waals surface area contributed by atoms with Crippen LogP contribution in [0, 0.1) is 0 Å². The monoisotopic (exact) mass is 360 g/mol. The number of phenolic OH excluding ortho intramolecular Hbond substituents is 2. The summed E-state index contributed by atoms with van der Waals surface area (Å²) < 4.78 is 0. The summed E-state index contributed by atoms with van der Waals surface area (Å²) >= 11 is 0. The summed E-state index contributed by atoms with van der Waals surface area (Å²) in [5.41, 5.74) is 2.16. The Bertz CT molecular complexity index is 1070. The molecule has 0 fully saturated rings. The molecule has 0 heterocycles. The van der Waals surface area contributed by atoms with E-state index in [2.05, 4.69) is 5.32 Å². The van der Waals surface area contributed by atoms with Gasteiger partial charge in [-0.2, -0.15) is 0 Å². The van der Waals surface area contributed by atoms with Crippen molar-refractivity contribution in [2.75, 3.05) is 31.4 Å². The maximum absolute atomic E-state index is 9.66. The molecule has 3 N–H and O–H groups in total. The fourth-order valence-corrected chi connectivity index (χ4v) is 3.18. The minimum Gasteiger partial charge on any atom is -0.507 e. The van der Waals surface area contributed by atoms with Gasteiger partial charge >= 0.3 is 0 Å². The number of rotatable bonds is 2. The van der Waals surface area contributed by atoms with Crippen LogP contribution in [-0.4, -0.2) is 31.4 Å². The Morgan fingerprint density at radius 1 is 0.630 bits per heavy atom. The van der Waals surface area contributed by atoms with Crippen molar-refractivity contribution in [1.82, 2.24) is 0 Å². The molecule has 0 aliphatic heterocycles. The molecule has 0 saturated carbocycles. The van der Waals surface area contributed by atoms with Crippen LogP contribution in [0.3, 0.4) is 0 Å². The summed E-state index contributed by atoms with van der Waals surface area (Å²) in [4.78, 5) is 2.04. The number of aromatic hydroxyl groups is 2. The summed E-state index contributed by atoms with van der Waals surface area (Å²) in [6, 6.07) is 22.9. The molecule has 0 aliphatic carbocycles. The second kappa shape index (κ2) is 7.87. The Morgan fingerprint density at radius 3 is 1.70 bits per heavy atom. The van der Waals surface area contributed by atoms with Gasteiger partial charge in [0.25, 0.3) is 0 Å². The zero-order valence-corrected chi connectivity index (χ0v) is 15.8. The number of hydrogen-bond donors (Lipinski definition) is 3. The molecule has 0 unspecified atom stereocenters. The third-order valence-electron chi connectivity index (χ3n) is 4.53. The number of benzene rings is 4. The van der Waals surface area contributed by atoms with E-state index in [4.69, 9.17) is 0 Å². The molecule has 4 aromatic carbocycles. The molecule has 27 heavy (non-hydrogen) atoms. The fraction of sp³-hybridized carbons (Fsp3) is 0.130. The number of hydrogen-bond acceptors (Lipinski definition) is 4. The average Bonchev–Trinajstić information content (AvgIpc) is 2.68. The van der Waals surface area contributed by atoms with Crippen molar-refractivity contribution in [2.45, 2.75) is 0 Å². The Labute approximate surface area is 159 Å². The highest BCUT2D eigenvalue weighted by atomic mass is 16.3. The van der Waals surface area contributed by atoms with Gasteiger partial charge in [0.2, 0.25) is 0 Å². The molecular formula is C23H24N2O2. The molecule has 0 atom stereocenters. The molecule has 0 spiro atoms. The van der Waals surface area contributed by atoms with Crippen LogP contribution >= 0.6 is 0 Å². The van der Waals surface area contributed by atoms with Crippen LogP contribution in [0.5, 0.6) is 11.5 Å². The van der Waals surface area contributed by atoms with Crippen LogP contribution in [0.1, 0.15) is 0 Å². The molecule has 4 aromatic rings. The largest absolute Gasteiger partial charge is 0.507 e.